The Morgan fingerprint density at radius 1 is 1.06 bits per heavy atom. The molecule has 2 fully saturated rings. The van der Waals surface area contributed by atoms with Crippen molar-refractivity contribution in [2.24, 2.45) is 0 Å². The number of aromatic nitrogens is 1. The van der Waals surface area contributed by atoms with Crippen molar-refractivity contribution in [3.05, 3.63) is 64.8 Å². The number of anilines is 2. The van der Waals surface area contributed by atoms with Crippen LogP contribution in [0.4, 0.5) is 11.4 Å². The molecule has 7 nitrogen and oxygen atoms in total. The lowest BCUT2D eigenvalue weighted by Gasteiger charge is -2.29. The molecular formula is C26H26N4O3S. The van der Waals surface area contributed by atoms with Crippen molar-refractivity contribution in [2.75, 3.05) is 42.6 Å². The monoisotopic (exact) mass is 474 g/mol. The van der Waals surface area contributed by atoms with E-state index in [0.717, 1.165) is 58.2 Å². The second kappa shape index (κ2) is 8.85. The van der Waals surface area contributed by atoms with Gasteiger partial charge < -0.3 is 19.9 Å². The van der Waals surface area contributed by atoms with Gasteiger partial charge in [-0.25, -0.2) is 0 Å². The normalized spacial score (nSPS) is 17.5. The van der Waals surface area contributed by atoms with Gasteiger partial charge in [-0.3, -0.25) is 14.6 Å². The number of hydrogen-bond donors (Lipinski definition) is 1. The molecule has 1 saturated carbocycles. The fourth-order valence-corrected chi connectivity index (χ4v) is 5.74. The lowest BCUT2D eigenvalue weighted by atomic mass is 10.1. The molecule has 4 heterocycles. The van der Waals surface area contributed by atoms with Crippen LogP contribution in [0.5, 0.6) is 0 Å². The molecule has 2 amide bonds. The van der Waals surface area contributed by atoms with E-state index >= 15 is 0 Å². The van der Waals surface area contributed by atoms with E-state index < -0.39 is 0 Å². The number of hydrogen-bond acceptors (Lipinski definition) is 6. The third-order valence-electron chi connectivity index (χ3n) is 6.57. The van der Waals surface area contributed by atoms with Crippen molar-refractivity contribution in [3.8, 4) is 10.4 Å². The summed E-state index contributed by atoms with van der Waals surface area (Å²) in [5, 5.41) is 3.09. The number of carbonyl (C=O) groups excluding carboxylic acids is 2. The lowest BCUT2D eigenvalue weighted by Crippen LogP contribution is -2.37. The number of amides is 2. The number of nitrogens with zero attached hydrogens (tertiary/aromatic N) is 3. The molecule has 3 aliphatic rings. The molecule has 174 valence electrons. The van der Waals surface area contributed by atoms with Crippen LogP contribution in [0.25, 0.3) is 10.4 Å². The second-order valence-corrected chi connectivity index (χ2v) is 9.99. The van der Waals surface area contributed by atoms with Crippen LogP contribution in [-0.4, -0.2) is 55.7 Å². The fraction of sp³-hybridized carbons (Fsp3) is 0.346. The maximum atomic E-state index is 13.7. The van der Waals surface area contributed by atoms with Crippen molar-refractivity contribution in [3.63, 3.8) is 0 Å². The molecule has 6 rings (SSSR count). The molecular weight excluding hydrogens is 448 g/mol. The van der Waals surface area contributed by atoms with Gasteiger partial charge in [0.2, 0.25) is 0 Å². The van der Waals surface area contributed by atoms with Gasteiger partial charge in [0.1, 0.15) is 5.69 Å². The maximum Gasteiger partial charge on any atom is 0.276 e. The molecule has 0 unspecified atom stereocenters. The predicted octanol–water partition coefficient (Wildman–Crippen LogP) is 3.74. The quantitative estimate of drug-likeness (QED) is 0.624. The van der Waals surface area contributed by atoms with Crippen LogP contribution < -0.4 is 15.1 Å². The lowest BCUT2D eigenvalue weighted by molar-refractivity contribution is 0.0952. The molecule has 3 aromatic rings. The minimum atomic E-state index is -0.107. The van der Waals surface area contributed by atoms with Crippen molar-refractivity contribution in [1.82, 2.24) is 10.3 Å². The Hall–Kier alpha value is -3.23. The van der Waals surface area contributed by atoms with Gasteiger partial charge in [-0.2, -0.15) is 0 Å². The molecule has 34 heavy (non-hydrogen) atoms. The number of fused-ring (bicyclic) bond motifs is 3. The smallest absolute Gasteiger partial charge is 0.276 e. The van der Waals surface area contributed by atoms with Crippen LogP contribution in [0.1, 0.15) is 38.6 Å². The SMILES string of the molecule is O=C(NC1CC1)c1cc2c(s1)-c1ccccc1N(C(=O)c1cc(N3CCOCC3)ccn1)CC2. The predicted molar refractivity (Wildman–Crippen MR) is 133 cm³/mol. The minimum absolute atomic E-state index is 0.00937. The Bertz CT molecular complexity index is 1250. The van der Waals surface area contributed by atoms with Crippen molar-refractivity contribution >= 4 is 34.5 Å². The van der Waals surface area contributed by atoms with Gasteiger partial charge in [-0.15, -0.1) is 11.3 Å². The molecule has 1 aliphatic carbocycles. The molecule has 2 aromatic heterocycles. The van der Waals surface area contributed by atoms with Gasteiger partial charge in [0.25, 0.3) is 11.8 Å². The third-order valence-corrected chi connectivity index (χ3v) is 7.78. The van der Waals surface area contributed by atoms with Gasteiger partial charge in [-0.1, -0.05) is 18.2 Å². The van der Waals surface area contributed by atoms with Gasteiger partial charge in [-0.05, 0) is 49.1 Å². The molecule has 1 aromatic carbocycles. The maximum absolute atomic E-state index is 13.7. The molecule has 0 atom stereocenters. The minimum Gasteiger partial charge on any atom is -0.378 e. The third kappa shape index (κ3) is 4.08. The highest BCUT2D eigenvalue weighted by atomic mass is 32.1. The first-order chi connectivity index (χ1) is 16.7. The Morgan fingerprint density at radius 2 is 1.88 bits per heavy atom. The van der Waals surface area contributed by atoms with Crippen LogP contribution in [0.3, 0.4) is 0 Å². The summed E-state index contributed by atoms with van der Waals surface area (Å²) in [6.45, 7) is 3.52. The van der Waals surface area contributed by atoms with Crippen molar-refractivity contribution < 1.29 is 14.3 Å². The molecule has 8 heteroatoms. The summed E-state index contributed by atoms with van der Waals surface area (Å²) >= 11 is 1.52. The van der Waals surface area contributed by atoms with Crippen molar-refractivity contribution in [2.45, 2.75) is 25.3 Å². The Labute approximate surface area is 202 Å². The number of benzene rings is 1. The molecule has 0 bridgehead atoms. The molecule has 0 radical (unpaired) electrons. The zero-order valence-electron chi connectivity index (χ0n) is 18.8. The van der Waals surface area contributed by atoms with E-state index in [0.29, 0.717) is 37.9 Å². The average Bonchev–Trinajstić information content (AvgIpc) is 3.63. The first kappa shape index (κ1) is 21.3. The van der Waals surface area contributed by atoms with Crippen molar-refractivity contribution in [1.29, 1.82) is 0 Å². The van der Waals surface area contributed by atoms with Crippen LogP contribution >= 0.6 is 11.3 Å². The number of para-hydroxylation sites is 1. The van der Waals surface area contributed by atoms with E-state index in [1.54, 1.807) is 6.20 Å². The second-order valence-electron chi connectivity index (χ2n) is 8.94. The first-order valence-electron chi connectivity index (χ1n) is 11.8. The highest BCUT2D eigenvalue weighted by Crippen LogP contribution is 2.42. The number of carbonyl (C=O) groups is 2. The standard InChI is InChI=1S/C26H26N4O3S/c31-25(28-18-5-6-18)23-15-17-8-10-30(22-4-2-1-3-20(22)24(17)34-23)26(32)21-16-19(7-9-27-21)29-11-13-33-14-12-29/h1-4,7,9,15-16,18H,5-6,8,10-14H2,(H,28,31). The Kier molecular flexibility index (Phi) is 5.55. The Morgan fingerprint density at radius 3 is 2.71 bits per heavy atom. The first-order valence-corrected chi connectivity index (χ1v) is 12.6. The molecule has 0 spiro atoms. The molecule has 1 N–H and O–H groups in total. The van der Waals surface area contributed by atoms with Gasteiger partial charge in [0, 0.05) is 48.0 Å². The van der Waals surface area contributed by atoms with Gasteiger partial charge in [0.15, 0.2) is 0 Å². The zero-order chi connectivity index (χ0) is 23.1. The summed E-state index contributed by atoms with van der Waals surface area (Å²) in [6, 6.07) is 14.1. The number of nitrogens with one attached hydrogen (secondary N) is 1. The summed E-state index contributed by atoms with van der Waals surface area (Å²) in [5.41, 5.74) is 4.40. The molecule has 1 saturated heterocycles. The fourth-order valence-electron chi connectivity index (χ4n) is 4.60. The van der Waals surface area contributed by atoms with E-state index in [-0.39, 0.29) is 11.8 Å². The average molecular weight is 475 g/mol. The summed E-state index contributed by atoms with van der Waals surface area (Å²) in [7, 11) is 0. The van der Waals surface area contributed by atoms with E-state index in [4.69, 9.17) is 4.74 Å². The van der Waals surface area contributed by atoms with Crippen LogP contribution in [-0.2, 0) is 11.2 Å². The molecule has 2 aliphatic heterocycles. The highest BCUT2D eigenvalue weighted by Gasteiger charge is 2.30. The summed E-state index contributed by atoms with van der Waals surface area (Å²) in [5.74, 6) is -0.0977. The van der Waals surface area contributed by atoms with Crippen LogP contribution in [0.15, 0.2) is 48.7 Å². The summed E-state index contributed by atoms with van der Waals surface area (Å²) in [4.78, 5) is 36.6. The topological polar surface area (TPSA) is 74.8 Å². The Balaban J connectivity index is 1.31. The summed E-state index contributed by atoms with van der Waals surface area (Å²) < 4.78 is 5.46. The largest absolute Gasteiger partial charge is 0.378 e. The van der Waals surface area contributed by atoms with Gasteiger partial charge >= 0.3 is 0 Å². The van der Waals surface area contributed by atoms with Crippen LogP contribution in [0, 0.1) is 0 Å². The van der Waals surface area contributed by atoms with Crippen LogP contribution in [0.2, 0.25) is 0 Å². The number of ether oxygens (including phenoxy) is 1. The summed E-state index contributed by atoms with van der Waals surface area (Å²) in [6.07, 6.45) is 4.53. The number of pyridine rings is 1. The van der Waals surface area contributed by atoms with Gasteiger partial charge in [0.05, 0.1) is 23.8 Å². The van der Waals surface area contributed by atoms with E-state index in [1.165, 1.54) is 11.3 Å². The highest BCUT2D eigenvalue weighted by molar-refractivity contribution is 7.17. The van der Waals surface area contributed by atoms with E-state index in [2.05, 4.69) is 15.2 Å². The zero-order valence-corrected chi connectivity index (χ0v) is 19.6. The number of thiophene rings is 1. The number of rotatable bonds is 4. The van der Waals surface area contributed by atoms with E-state index in [1.807, 2.05) is 47.4 Å². The number of morpholine rings is 1. The van der Waals surface area contributed by atoms with E-state index in [9.17, 15) is 9.59 Å².